The third kappa shape index (κ3) is 8.91. The first-order chi connectivity index (χ1) is 17.8. The van der Waals surface area contributed by atoms with Gasteiger partial charge in [-0.2, -0.15) is 0 Å². The quantitative estimate of drug-likeness (QED) is 0.230. The number of carbonyl (C=O) groups is 2. The van der Waals surface area contributed by atoms with Crippen molar-refractivity contribution in [3.8, 4) is 5.75 Å². The van der Waals surface area contributed by atoms with Crippen molar-refractivity contribution in [1.82, 2.24) is 15.5 Å². The Morgan fingerprint density at radius 3 is 2.54 bits per heavy atom. The molecule has 2 amide bonds. The summed E-state index contributed by atoms with van der Waals surface area (Å²) in [6.45, 7) is 6.01. The van der Waals surface area contributed by atoms with Gasteiger partial charge in [0.1, 0.15) is 5.75 Å². The number of nitrogens with one attached hydrogen (secondary N) is 3. The van der Waals surface area contributed by atoms with E-state index in [0.29, 0.717) is 30.3 Å². The van der Waals surface area contributed by atoms with Gasteiger partial charge < -0.3 is 30.7 Å². The molecule has 0 saturated heterocycles. The van der Waals surface area contributed by atoms with Crippen molar-refractivity contribution >= 4 is 17.5 Å². The Balaban J connectivity index is 1.38. The van der Waals surface area contributed by atoms with Crippen LogP contribution in [0.5, 0.6) is 5.75 Å². The fourth-order valence-electron chi connectivity index (χ4n) is 4.18. The summed E-state index contributed by atoms with van der Waals surface area (Å²) < 4.78 is 5.50. The maximum Gasteiger partial charge on any atom is 0.251 e. The number of phenols is 1. The Morgan fingerprint density at radius 1 is 1.16 bits per heavy atom. The van der Waals surface area contributed by atoms with Crippen molar-refractivity contribution in [2.24, 2.45) is 5.92 Å². The minimum Gasteiger partial charge on any atom is -0.506 e. The van der Waals surface area contributed by atoms with E-state index in [0.717, 1.165) is 36.2 Å². The van der Waals surface area contributed by atoms with Gasteiger partial charge in [-0.1, -0.05) is 18.2 Å². The molecule has 3 rings (SSSR count). The third-order valence-electron chi connectivity index (χ3n) is 6.61. The second-order valence-electron chi connectivity index (χ2n) is 9.66. The zero-order valence-corrected chi connectivity index (χ0v) is 22.3. The van der Waals surface area contributed by atoms with Crippen LogP contribution < -0.4 is 16.0 Å². The van der Waals surface area contributed by atoms with Gasteiger partial charge in [0.25, 0.3) is 5.91 Å². The molecule has 1 atom stereocenters. The molecule has 8 nitrogen and oxygen atoms in total. The molecular formula is C29H40N4O4. The van der Waals surface area contributed by atoms with E-state index in [9.17, 15) is 14.7 Å². The van der Waals surface area contributed by atoms with Gasteiger partial charge in [-0.05, 0) is 85.8 Å². The van der Waals surface area contributed by atoms with E-state index in [2.05, 4.69) is 26.9 Å². The minimum atomic E-state index is -0.213. The van der Waals surface area contributed by atoms with Crippen molar-refractivity contribution in [2.45, 2.75) is 45.8 Å². The van der Waals surface area contributed by atoms with Crippen LogP contribution in [0.15, 0.2) is 48.7 Å². The Hall–Kier alpha value is -3.36. The van der Waals surface area contributed by atoms with Gasteiger partial charge in [0.15, 0.2) is 0 Å². The Kier molecular flexibility index (Phi) is 10.5. The molecule has 37 heavy (non-hydrogen) atoms. The molecule has 1 saturated carbocycles. The minimum absolute atomic E-state index is 0.0708. The van der Waals surface area contributed by atoms with E-state index in [1.54, 1.807) is 13.2 Å². The maximum absolute atomic E-state index is 12.5. The molecule has 2 aromatic carbocycles. The number of hydrogen-bond acceptors (Lipinski definition) is 6. The molecule has 0 aromatic heterocycles. The number of likely N-dealkylation sites (N-methyl/N-ethyl adjacent to an activating group) is 1. The summed E-state index contributed by atoms with van der Waals surface area (Å²) in [7, 11) is 3.74. The van der Waals surface area contributed by atoms with Crippen LogP contribution in [-0.2, 0) is 22.5 Å². The van der Waals surface area contributed by atoms with Crippen LogP contribution in [0.2, 0.25) is 0 Å². The van der Waals surface area contributed by atoms with Crippen LogP contribution in [0.25, 0.3) is 0 Å². The van der Waals surface area contributed by atoms with Gasteiger partial charge in [-0.25, -0.2) is 0 Å². The average Bonchev–Trinajstić information content (AvgIpc) is 3.71. The topological polar surface area (TPSA) is 103 Å². The fourth-order valence-corrected chi connectivity index (χ4v) is 4.18. The summed E-state index contributed by atoms with van der Waals surface area (Å²) in [6.07, 6.45) is 7.55. The smallest absolute Gasteiger partial charge is 0.251 e. The van der Waals surface area contributed by atoms with Gasteiger partial charge in [0.2, 0.25) is 5.91 Å². The molecule has 0 radical (unpaired) electrons. The molecule has 0 heterocycles. The number of aromatic hydroxyl groups is 1. The van der Waals surface area contributed by atoms with Gasteiger partial charge in [0.05, 0.1) is 11.8 Å². The largest absolute Gasteiger partial charge is 0.506 e. The normalized spacial score (nSPS) is 13.9. The first kappa shape index (κ1) is 28.2. The van der Waals surface area contributed by atoms with Crippen molar-refractivity contribution in [3.63, 3.8) is 0 Å². The number of phenolic OH excluding ortho intramolecular Hbond substituents is 1. The average molecular weight is 509 g/mol. The van der Waals surface area contributed by atoms with Crippen LogP contribution >= 0.6 is 0 Å². The second-order valence-corrected chi connectivity index (χ2v) is 9.66. The van der Waals surface area contributed by atoms with E-state index in [1.165, 1.54) is 19.8 Å². The maximum atomic E-state index is 12.5. The molecule has 8 heteroatoms. The predicted octanol–water partition coefficient (Wildman–Crippen LogP) is 3.59. The van der Waals surface area contributed by atoms with E-state index < -0.39 is 0 Å². The lowest BCUT2D eigenvalue weighted by Crippen LogP contribution is -2.31. The van der Waals surface area contributed by atoms with Crippen molar-refractivity contribution in [1.29, 1.82) is 0 Å². The van der Waals surface area contributed by atoms with Crippen molar-refractivity contribution < 1.29 is 19.4 Å². The molecule has 0 aliphatic heterocycles. The predicted molar refractivity (Wildman–Crippen MR) is 147 cm³/mol. The molecule has 1 aliphatic rings. The summed E-state index contributed by atoms with van der Waals surface area (Å²) in [4.78, 5) is 25.9. The lowest BCUT2D eigenvalue weighted by atomic mass is 10.0. The van der Waals surface area contributed by atoms with Crippen LogP contribution in [-0.4, -0.2) is 61.7 Å². The van der Waals surface area contributed by atoms with Crippen molar-refractivity contribution in [3.05, 3.63) is 70.9 Å². The van der Waals surface area contributed by atoms with E-state index in [4.69, 9.17) is 4.74 Å². The SMILES string of the molecule is COC(/C=C/N(C)CCNC(=O)c1ccc(CNCCc2ccc(O)c(NC(C)=O)c2C)cc1)C1CC1. The number of benzene rings is 2. The van der Waals surface area contributed by atoms with Gasteiger partial charge in [-0.3, -0.25) is 9.59 Å². The van der Waals surface area contributed by atoms with Crippen LogP contribution in [0.3, 0.4) is 0 Å². The van der Waals surface area contributed by atoms with Gasteiger partial charge in [0, 0.05) is 46.3 Å². The molecule has 1 unspecified atom stereocenters. The zero-order valence-electron chi connectivity index (χ0n) is 22.3. The number of rotatable bonds is 14. The lowest BCUT2D eigenvalue weighted by molar-refractivity contribution is -0.114. The van der Waals surface area contributed by atoms with E-state index >= 15 is 0 Å². The highest BCUT2D eigenvalue weighted by molar-refractivity contribution is 5.94. The van der Waals surface area contributed by atoms with E-state index in [1.807, 2.05) is 50.5 Å². The number of anilines is 1. The number of carbonyl (C=O) groups excluding carboxylic acids is 2. The molecule has 200 valence electrons. The standard InChI is InChI=1S/C29H40N4O4/c1-20-23(11-12-26(35)28(20)32-21(2)34)13-15-30-19-22-5-7-25(8-6-22)29(36)31-16-18-33(3)17-14-27(37-4)24-9-10-24/h5-8,11-12,14,17,24,27,30,35H,9-10,13,15-16,18-19H2,1-4H3,(H,31,36)(H,32,34)/b17-14+. The highest BCUT2D eigenvalue weighted by atomic mass is 16.5. The molecule has 0 spiro atoms. The van der Waals surface area contributed by atoms with Gasteiger partial charge >= 0.3 is 0 Å². The summed E-state index contributed by atoms with van der Waals surface area (Å²) in [5.41, 5.74) is 4.12. The molecule has 0 bridgehead atoms. The highest BCUT2D eigenvalue weighted by Gasteiger charge is 2.29. The Morgan fingerprint density at radius 2 is 1.89 bits per heavy atom. The molecule has 4 N–H and O–H groups in total. The molecule has 1 aliphatic carbocycles. The number of amides is 2. The summed E-state index contributed by atoms with van der Waals surface area (Å²) in [5.74, 6) is 0.430. The van der Waals surface area contributed by atoms with Crippen molar-refractivity contribution in [2.75, 3.05) is 39.1 Å². The highest BCUT2D eigenvalue weighted by Crippen LogP contribution is 2.34. The Labute approximate surface area is 220 Å². The second kappa shape index (κ2) is 13.8. The van der Waals surface area contributed by atoms with Crippen LogP contribution in [0.1, 0.15) is 46.8 Å². The van der Waals surface area contributed by atoms with Gasteiger partial charge in [-0.15, -0.1) is 0 Å². The first-order valence-electron chi connectivity index (χ1n) is 12.9. The number of ether oxygens (including phenoxy) is 1. The summed E-state index contributed by atoms with van der Waals surface area (Å²) >= 11 is 0. The molecular weight excluding hydrogens is 468 g/mol. The lowest BCUT2D eigenvalue weighted by Gasteiger charge is -2.16. The number of hydrogen-bond donors (Lipinski definition) is 4. The summed E-state index contributed by atoms with van der Waals surface area (Å²) in [6, 6.07) is 11.1. The number of methoxy groups -OCH3 is 1. The first-order valence-corrected chi connectivity index (χ1v) is 12.9. The fraction of sp³-hybridized carbons (Fsp3) is 0.448. The molecule has 2 aromatic rings. The summed E-state index contributed by atoms with van der Waals surface area (Å²) in [5, 5.41) is 19.1. The molecule has 1 fully saturated rings. The van der Waals surface area contributed by atoms with Crippen LogP contribution in [0, 0.1) is 12.8 Å². The Bertz CT molecular complexity index is 1080. The van der Waals surface area contributed by atoms with Crippen LogP contribution in [0.4, 0.5) is 5.69 Å². The number of nitrogens with zero attached hydrogens (tertiary/aromatic N) is 1. The third-order valence-corrected chi connectivity index (χ3v) is 6.61. The monoisotopic (exact) mass is 508 g/mol. The van der Waals surface area contributed by atoms with E-state index in [-0.39, 0.29) is 23.7 Å². The zero-order chi connectivity index (χ0) is 26.8.